The topological polar surface area (TPSA) is 61.8 Å². The minimum atomic E-state index is -0.834. The Bertz CT molecular complexity index is 253. The van der Waals surface area contributed by atoms with Gasteiger partial charge in [0.15, 0.2) is 0 Å². The predicted octanol–water partition coefficient (Wildman–Crippen LogP) is 1.64. The molecular weight excluding hydrogens is 200 g/mol. The van der Waals surface area contributed by atoms with Crippen molar-refractivity contribution in [1.82, 2.24) is 0 Å². The molecule has 5 nitrogen and oxygen atoms in total. The summed E-state index contributed by atoms with van der Waals surface area (Å²) >= 11 is 0. The van der Waals surface area contributed by atoms with Gasteiger partial charge in [-0.25, -0.2) is 9.59 Å². The second kappa shape index (κ2) is 4.51. The van der Waals surface area contributed by atoms with Gasteiger partial charge in [-0.3, -0.25) is 0 Å². The summed E-state index contributed by atoms with van der Waals surface area (Å²) in [6.45, 7) is 5.58. The Morgan fingerprint density at radius 1 is 1.47 bits per heavy atom. The Balaban J connectivity index is 2.54. The average molecular weight is 216 g/mol. The zero-order chi connectivity index (χ0) is 11.5. The SMILES string of the molecule is CC(C)(C)OC(=O)C1CCCOC(=O)O1. The van der Waals surface area contributed by atoms with Crippen LogP contribution in [0.1, 0.15) is 33.6 Å². The summed E-state index contributed by atoms with van der Waals surface area (Å²) in [5.41, 5.74) is -0.573. The maximum atomic E-state index is 11.6. The predicted molar refractivity (Wildman–Crippen MR) is 51.3 cm³/mol. The van der Waals surface area contributed by atoms with Crippen LogP contribution in [0.5, 0.6) is 0 Å². The molecule has 1 saturated heterocycles. The minimum Gasteiger partial charge on any atom is -0.457 e. The molecule has 0 aromatic rings. The highest BCUT2D eigenvalue weighted by atomic mass is 16.7. The number of hydrogen-bond acceptors (Lipinski definition) is 5. The highest BCUT2D eigenvalue weighted by molar-refractivity contribution is 5.78. The van der Waals surface area contributed by atoms with E-state index in [1.54, 1.807) is 20.8 Å². The highest BCUT2D eigenvalue weighted by Gasteiger charge is 2.30. The Hall–Kier alpha value is -1.26. The van der Waals surface area contributed by atoms with E-state index in [-0.39, 0.29) is 6.61 Å². The van der Waals surface area contributed by atoms with Crippen molar-refractivity contribution < 1.29 is 23.8 Å². The van der Waals surface area contributed by atoms with Gasteiger partial charge in [-0.15, -0.1) is 0 Å². The molecule has 5 heteroatoms. The Labute approximate surface area is 88.7 Å². The molecule has 1 aliphatic rings. The second-order valence-electron chi connectivity index (χ2n) is 4.38. The number of esters is 1. The molecule has 1 heterocycles. The first-order valence-electron chi connectivity index (χ1n) is 4.95. The molecule has 0 bridgehead atoms. The lowest BCUT2D eigenvalue weighted by Crippen LogP contribution is -2.34. The van der Waals surface area contributed by atoms with Gasteiger partial charge in [0.25, 0.3) is 0 Å². The van der Waals surface area contributed by atoms with Crippen molar-refractivity contribution in [3.05, 3.63) is 0 Å². The molecule has 0 radical (unpaired) electrons. The normalized spacial score (nSPS) is 22.3. The molecule has 0 saturated carbocycles. The van der Waals surface area contributed by atoms with Gasteiger partial charge in [0.2, 0.25) is 6.10 Å². The number of carbonyl (C=O) groups excluding carboxylic acids is 2. The summed E-state index contributed by atoms with van der Waals surface area (Å²) in [6.07, 6.45) is -0.585. The molecule has 0 N–H and O–H groups in total. The van der Waals surface area contributed by atoms with Gasteiger partial charge in [-0.05, 0) is 33.6 Å². The van der Waals surface area contributed by atoms with Crippen LogP contribution in [-0.4, -0.2) is 30.4 Å². The fraction of sp³-hybridized carbons (Fsp3) is 0.800. The van der Waals surface area contributed by atoms with Crippen molar-refractivity contribution in [2.24, 2.45) is 0 Å². The number of hydrogen-bond donors (Lipinski definition) is 0. The Kier molecular flexibility index (Phi) is 3.55. The van der Waals surface area contributed by atoms with E-state index in [0.29, 0.717) is 12.8 Å². The van der Waals surface area contributed by atoms with Crippen molar-refractivity contribution in [2.45, 2.75) is 45.3 Å². The smallest absolute Gasteiger partial charge is 0.457 e. The zero-order valence-corrected chi connectivity index (χ0v) is 9.24. The first kappa shape index (κ1) is 11.8. The van der Waals surface area contributed by atoms with E-state index < -0.39 is 23.8 Å². The third-order valence-electron chi connectivity index (χ3n) is 1.74. The van der Waals surface area contributed by atoms with Crippen LogP contribution in [0.2, 0.25) is 0 Å². The van der Waals surface area contributed by atoms with E-state index in [1.165, 1.54) is 0 Å². The molecule has 1 rings (SSSR count). The molecule has 86 valence electrons. The van der Waals surface area contributed by atoms with E-state index in [4.69, 9.17) is 9.47 Å². The second-order valence-corrected chi connectivity index (χ2v) is 4.38. The molecule has 1 atom stereocenters. The van der Waals surface area contributed by atoms with Gasteiger partial charge in [0, 0.05) is 0 Å². The third-order valence-corrected chi connectivity index (χ3v) is 1.74. The van der Waals surface area contributed by atoms with Crippen molar-refractivity contribution in [1.29, 1.82) is 0 Å². The van der Waals surface area contributed by atoms with Crippen molar-refractivity contribution in [2.75, 3.05) is 6.61 Å². The fourth-order valence-electron chi connectivity index (χ4n) is 1.17. The van der Waals surface area contributed by atoms with Crippen molar-refractivity contribution in [3.8, 4) is 0 Å². The van der Waals surface area contributed by atoms with Crippen LogP contribution in [-0.2, 0) is 19.0 Å². The van der Waals surface area contributed by atoms with E-state index in [2.05, 4.69) is 4.74 Å². The Morgan fingerprint density at radius 2 is 2.13 bits per heavy atom. The van der Waals surface area contributed by atoms with Crippen LogP contribution >= 0.6 is 0 Å². The van der Waals surface area contributed by atoms with Crippen molar-refractivity contribution in [3.63, 3.8) is 0 Å². The Morgan fingerprint density at radius 3 is 2.73 bits per heavy atom. The molecule has 1 unspecified atom stereocenters. The number of cyclic esters (lactones) is 2. The third kappa shape index (κ3) is 4.18. The van der Waals surface area contributed by atoms with E-state index in [9.17, 15) is 9.59 Å². The van der Waals surface area contributed by atoms with Crippen LogP contribution in [0.4, 0.5) is 4.79 Å². The molecule has 1 fully saturated rings. The first-order chi connectivity index (χ1) is 6.88. The lowest BCUT2D eigenvalue weighted by Gasteiger charge is -2.22. The molecule has 0 spiro atoms. The largest absolute Gasteiger partial charge is 0.509 e. The maximum Gasteiger partial charge on any atom is 0.509 e. The van der Waals surface area contributed by atoms with Crippen LogP contribution in [0, 0.1) is 0 Å². The van der Waals surface area contributed by atoms with Crippen LogP contribution in [0.15, 0.2) is 0 Å². The van der Waals surface area contributed by atoms with Crippen LogP contribution < -0.4 is 0 Å². The summed E-state index contributed by atoms with van der Waals surface area (Å²) in [5.74, 6) is -0.513. The summed E-state index contributed by atoms with van der Waals surface area (Å²) in [5, 5.41) is 0. The van der Waals surface area contributed by atoms with Gasteiger partial charge in [-0.1, -0.05) is 0 Å². The lowest BCUT2D eigenvalue weighted by atomic mass is 10.1. The quantitative estimate of drug-likeness (QED) is 0.623. The standard InChI is InChI=1S/C10H16O5/c1-10(2,3)15-8(11)7-5-4-6-13-9(12)14-7/h7H,4-6H2,1-3H3. The summed E-state index contributed by atoms with van der Waals surface area (Å²) in [6, 6.07) is 0. The van der Waals surface area contributed by atoms with Gasteiger partial charge in [0.1, 0.15) is 5.60 Å². The van der Waals surface area contributed by atoms with Crippen LogP contribution in [0.3, 0.4) is 0 Å². The van der Waals surface area contributed by atoms with Gasteiger partial charge >= 0.3 is 12.1 Å². The summed E-state index contributed by atoms with van der Waals surface area (Å²) < 4.78 is 14.5. The lowest BCUT2D eigenvalue weighted by molar-refractivity contribution is -0.165. The maximum absolute atomic E-state index is 11.6. The average Bonchev–Trinajstić information content (AvgIpc) is 2.26. The molecule has 0 aromatic heterocycles. The van der Waals surface area contributed by atoms with Crippen LogP contribution in [0.25, 0.3) is 0 Å². The molecular formula is C10H16O5. The molecule has 15 heavy (non-hydrogen) atoms. The monoisotopic (exact) mass is 216 g/mol. The minimum absolute atomic E-state index is 0.290. The van der Waals surface area contributed by atoms with Gasteiger partial charge in [0.05, 0.1) is 6.61 Å². The fourth-order valence-corrected chi connectivity index (χ4v) is 1.17. The van der Waals surface area contributed by atoms with Crippen molar-refractivity contribution >= 4 is 12.1 Å². The number of rotatable bonds is 1. The molecule has 1 aliphatic heterocycles. The van der Waals surface area contributed by atoms with Gasteiger partial charge in [-0.2, -0.15) is 0 Å². The number of ether oxygens (including phenoxy) is 3. The highest BCUT2D eigenvalue weighted by Crippen LogP contribution is 2.15. The van der Waals surface area contributed by atoms with E-state index in [0.717, 1.165) is 0 Å². The van der Waals surface area contributed by atoms with Gasteiger partial charge < -0.3 is 14.2 Å². The molecule has 0 aromatic carbocycles. The molecule has 0 amide bonds. The van der Waals surface area contributed by atoms with E-state index >= 15 is 0 Å². The summed E-state index contributed by atoms with van der Waals surface area (Å²) in [7, 11) is 0. The number of carbonyl (C=O) groups is 2. The summed E-state index contributed by atoms with van der Waals surface area (Å²) in [4.78, 5) is 22.5. The first-order valence-corrected chi connectivity index (χ1v) is 4.95. The van der Waals surface area contributed by atoms with E-state index in [1.807, 2.05) is 0 Å². The zero-order valence-electron chi connectivity index (χ0n) is 9.24. The molecule has 0 aliphatic carbocycles.